The van der Waals surface area contributed by atoms with Crippen molar-refractivity contribution in [2.75, 3.05) is 26.2 Å². The van der Waals surface area contributed by atoms with Crippen LogP contribution < -0.4 is 4.74 Å². The number of hydrogen-bond donors (Lipinski definition) is 1. The van der Waals surface area contributed by atoms with Crippen LogP contribution in [0, 0.1) is 5.82 Å². The van der Waals surface area contributed by atoms with Gasteiger partial charge in [0, 0.05) is 18.7 Å². The molecule has 1 N–H and O–H groups in total. The molecule has 33 heavy (non-hydrogen) atoms. The van der Waals surface area contributed by atoms with Crippen LogP contribution in [0.1, 0.15) is 44.9 Å². The molecular formula is C26H31FN2O4. The van der Waals surface area contributed by atoms with Crippen molar-refractivity contribution < 1.29 is 23.8 Å². The normalized spacial score (nSPS) is 17.9. The summed E-state index contributed by atoms with van der Waals surface area (Å²) >= 11 is 0. The summed E-state index contributed by atoms with van der Waals surface area (Å²) in [5, 5.41) is 11.0. The molecule has 6 nitrogen and oxygen atoms in total. The molecule has 1 saturated heterocycles. The fourth-order valence-electron chi connectivity index (χ4n) is 4.01. The molecule has 1 aliphatic heterocycles. The maximum atomic E-state index is 13.4. The smallest absolute Gasteiger partial charge is 0.295 e. The van der Waals surface area contributed by atoms with Crippen LogP contribution in [-0.2, 0) is 9.59 Å². The van der Waals surface area contributed by atoms with E-state index in [0.29, 0.717) is 24.4 Å². The molecule has 0 bridgehead atoms. The van der Waals surface area contributed by atoms with Gasteiger partial charge in [-0.1, -0.05) is 26.0 Å². The van der Waals surface area contributed by atoms with Gasteiger partial charge in [-0.05, 0) is 68.9 Å². The van der Waals surface area contributed by atoms with Crippen LogP contribution >= 0.6 is 0 Å². The molecule has 0 saturated carbocycles. The lowest BCUT2D eigenvalue weighted by molar-refractivity contribution is -0.140. The molecule has 1 atom stereocenters. The van der Waals surface area contributed by atoms with Crippen LogP contribution in [0.25, 0.3) is 5.76 Å². The number of ether oxygens (including phenoxy) is 1. The highest BCUT2D eigenvalue weighted by atomic mass is 19.1. The number of Topliss-reactive ketones (excluding diaryl/α,β-unsaturated/α-hetero) is 1. The minimum atomic E-state index is -0.751. The number of aliphatic hydroxyl groups excluding tert-OH is 1. The lowest BCUT2D eigenvalue weighted by Gasteiger charge is -2.28. The van der Waals surface area contributed by atoms with Crippen LogP contribution in [0.5, 0.6) is 5.75 Å². The van der Waals surface area contributed by atoms with Crippen LogP contribution in [0.2, 0.25) is 0 Å². The lowest BCUT2D eigenvalue weighted by Crippen LogP contribution is -2.38. The monoisotopic (exact) mass is 454 g/mol. The van der Waals surface area contributed by atoms with E-state index in [-0.39, 0.29) is 23.0 Å². The molecule has 1 fully saturated rings. The summed E-state index contributed by atoms with van der Waals surface area (Å²) in [6, 6.07) is 11.6. The predicted octanol–water partition coefficient (Wildman–Crippen LogP) is 4.38. The fourth-order valence-corrected chi connectivity index (χ4v) is 4.01. The van der Waals surface area contributed by atoms with Crippen LogP contribution in [0.3, 0.4) is 0 Å². The number of nitrogens with zero attached hydrogens (tertiary/aromatic N) is 2. The van der Waals surface area contributed by atoms with Crippen molar-refractivity contribution in [3.05, 3.63) is 71.0 Å². The molecule has 2 aromatic rings. The van der Waals surface area contributed by atoms with Crippen molar-refractivity contribution >= 4 is 17.4 Å². The highest BCUT2D eigenvalue weighted by molar-refractivity contribution is 6.46. The zero-order valence-electron chi connectivity index (χ0n) is 19.5. The Morgan fingerprint density at radius 2 is 1.67 bits per heavy atom. The van der Waals surface area contributed by atoms with Gasteiger partial charge in [-0.3, -0.25) is 9.59 Å². The van der Waals surface area contributed by atoms with Crippen molar-refractivity contribution in [1.82, 2.24) is 9.80 Å². The summed E-state index contributed by atoms with van der Waals surface area (Å²) < 4.78 is 19.1. The van der Waals surface area contributed by atoms with Crippen LogP contribution in [0.15, 0.2) is 54.1 Å². The number of benzene rings is 2. The van der Waals surface area contributed by atoms with Crippen molar-refractivity contribution in [1.29, 1.82) is 0 Å². The summed E-state index contributed by atoms with van der Waals surface area (Å²) in [5.41, 5.74) is 0.972. The summed E-state index contributed by atoms with van der Waals surface area (Å²) in [4.78, 5) is 29.7. The predicted molar refractivity (Wildman–Crippen MR) is 125 cm³/mol. The first-order valence-electron chi connectivity index (χ1n) is 11.3. The van der Waals surface area contributed by atoms with Gasteiger partial charge in [-0.25, -0.2) is 4.39 Å². The number of likely N-dealkylation sites (tertiary alicyclic amines) is 1. The second-order valence-electron chi connectivity index (χ2n) is 8.26. The average molecular weight is 455 g/mol. The third-order valence-corrected chi connectivity index (χ3v) is 5.78. The van der Waals surface area contributed by atoms with Gasteiger partial charge >= 0.3 is 0 Å². The van der Waals surface area contributed by atoms with E-state index < -0.39 is 23.5 Å². The third kappa shape index (κ3) is 5.42. The van der Waals surface area contributed by atoms with Crippen molar-refractivity contribution in [2.45, 2.75) is 39.8 Å². The Labute approximate surface area is 194 Å². The Hall–Kier alpha value is -3.19. The molecule has 0 spiro atoms. The Morgan fingerprint density at radius 1 is 1.06 bits per heavy atom. The van der Waals surface area contributed by atoms with Gasteiger partial charge in [-0.15, -0.1) is 0 Å². The number of hydrogen-bond acceptors (Lipinski definition) is 5. The number of halogens is 1. The van der Waals surface area contributed by atoms with Crippen LogP contribution in [-0.4, -0.2) is 58.9 Å². The number of rotatable bonds is 9. The summed E-state index contributed by atoms with van der Waals surface area (Å²) in [6.45, 7) is 10.5. The van der Waals surface area contributed by atoms with E-state index in [1.807, 2.05) is 27.7 Å². The molecule has 0 aromatic heterocycles. The topological polar surface area (TPSA) is 70.1 Å². The van der Waals surface area contributed by atoms with E-state index in [4.69, 9.17) is 4.74 Å². The molecule has 7 heteroatoms. The number of ketones is 1. The zero-order valence-corrected chi connectivity index (χ0v) is 19.5. The fraction of sp³-hybridized carbons (Fsp3) is 0.385. The molecule has 1 aliphatic rings. The Morgan fingerprint density at radius 3 is 2.21 bits per heavy atom. The molecule has 0 aliphatic carbocycles. The standard InChI is InChI=1S/C26H31FN2O4/c1-5-28(6-2)15-16-29-23(18-9-13-21(14-10-18)33-17(3)4)22(25(31)26(29)32)24(30)19-7-11-20(27)12-8-19/h7-14,17,23,30H,5-6,15-16H2,1-4H3/b24-22+/t23-/m0/s1. The summed E-state index contributed by atoms with van der Waals surface area (Å²) in [5.74, 6) is -1.50. The maximum Gasteiger partial charge on any atom is 0.295 e. The number of likely N-dealkylation sites (N-methyl/N-ethyl adjacent to an activating group) is 1. The van der Waals surface area contributed by atoms with Gasteiger partial charge in [0.2, 0.25) is 0 Å². The molecular weight excluding hydrogens is 423 g/mol. The van der Waals surface area contributed by atoms with Crippen LogP contribution in [0.4, 0.5) is 4.39 Å². The van der Waals surface area contributed by atoms with E-state index in [2.05, 4.69) is 4.90 Å². The van der Waals surface area contributed by atoms with Gasteiger partial charge in [0.05, 0.1) is 17.7 Å². The minimum Gasteiger partial charge on any atom is -0.507 e. The molecule has 1 heterocycles. The first kappa shape index (κ1) is 24.5. The maximum absolute atomic E-state index is 13.4. The van der Waals surface area contributed by atoms with Gasteiger partial charge in [0.25, 0.3) is 11.7 Å². The molecule has 0 radical (unpaired) electrons. The highest BCUT2D eigenvalue weighted by Gasteiger charge is 2.45. The minimum absolute atomic E-state index is 0.00341. The zero-order chi connectivity index (χ0) is 24.1. The molecule has 3 rings (SSSR count). The second-order valence-corrected chi connectivity index (χ2v) is 8.26. The van der Waals surface area contributed by atoms with Crippen molar-refractivity contribution in [3.63, 3.8) is 0 Å². The molecule has 176 valence electrons. The molecule has 0 unspecified atom stereocenters. The number of carbonyl (C=O) groups is 2. The average Bonchev–Trinajstić information content (AvgIpc) is 3.05. The number of amides is 1. The quantitative estimate of drug-likeness (QED) is 0.346. The largest absolute Gasteiger partial charge is 0.507 e. The summed E-state index contributed by atoms with van der Waals surface area (Å²) in [7, 11) is 0. The Kier molecular flexibility index (Phi) is 7.87. The van der Waals surface area contributed by atoms with Gasteiger partial charge < -0.3 is 19.6 Å². The van der Waals surface area contributed by atoms with Crippen molar-refractivity contribution in [3.8, 4) is 5.75 Å². The van der Waals surface area contributed by atoms with E-state index in [0.717, 1.165) is 13.1 Å². The van der Waals surface area contributed by atoms with E-state index in [1.54, 1.807) is 24.3 Å². The SMILES string of the molecule is CCN(CC)CCN1C(=O)C(=O)/C(=C(/O)c2ccc(F)cc2)[C@@H]1c1ccc(OC(C)C)cc1. The van der Waals surface area contributed by atoms with Gasteiger partial charge in [0.1, 0.15) is 17.3 Å². The van der Waals surface area contributed by atoms with E-state index in [1.165, 1.54) is 29.2 Å². The van der Waals surface area contributed by atoms with E-state index >= 15 is 0 Å². The first-order chi connectivity index (χ1) is 15.8. The van der Waals surface area contributed by atoms with Gasteiger partial charge in [0.15, 0.2) is 0 Å². The number of carbonyl (C=O) groups excluding carboxylic acids is 2. The Balaban J connectivity index is 2.06. The summed E-state index contributed by atoms with van der Waals surface area (Å²) in [6.07, 6.45) is 0.00836. The van der Waals surface area contributed by atoms with Gasteiger partial charge in [-0.2, -0.15) is 0 Å². The lowest BCUT2D eigenvalue weighted by atomic mass is 9.95. The molecule has 1 amide bonds. The Bertz CT molecular complexity index is 1010. The highest BCUT2D eigenvalue weighted by Crippen LogP contribution is 2.39. The van der Waals surface area contributed by atoms with E-state index in [9.17, 15) is 19.1 Å². The number of aliphatic hydroxyl groups is 1. The second kappa shape index (κ2) is 10.6. The van der Waals surface area contributed by atoms with Crippen molar-refractivity contribution in [2.24, 2.45) is 0 Å². The first-order valence-corrected chi connectivity index (χ1v) is 11.3. The molecule has 2 aromatic carbocycles. The third-order valence-electron chi connectivity index (χ3n) is 5.78.